The molecule has 0 radical (unpaired) electrons. The van der Waals surface area contributed by atoms with Crippen LogP contribution in [0.15, 0.2) is 18.6 Å². The molecule has 1 aromatic heterocycles. The summed E-state index contributed by atoms with van der Waals surface area (Å²) >= 11 is 0. The zero-order valence-electron chi connectivity index (χ0n) is 10.3. The molecule has 2 rings (SSSR count). The van der Waals surface area contributed by atoms with Gasteiger partial charge in [0.2, 0.25) is 10.0 Å². The second-order valence-corrected chi connectivity index (χ2v) is 6.55. The Balaban J connectivity index is 1.97. The average Bonchev–Trinajstić information content (AvgIpc) is 2.90. The van der Waals surface area contributed by atoms with Gasteiger partial charge in [0.1, 0.15) is 5.25 Å². The molecule has 2 atom stereocenters. The van der Waals surface area contributed by atoms with Crippen molar-refractivity contribution < 1.29 is 8.42 Å². The van der Waals surface area contributed by atoms with Crippen LogP contribution in [0.2, 0.25) is 0 Å². The van der Waals surface area contributed by atoms with Crippen LogP contribution in [0.5, 0.6) is 0 Å². The Morgan fingerprint density at radius 2 is 2.39 bits per heavy atom. The van der Waals surface area contributed by atoms with E-state index >= 15 is 0 Å². The van der Waals surface area contributed by atoms with Gasteiger partial charge >= 0.3 is 0 Å². The molecular weight excluding hydrogens is 252 g/mol. The predicted octanol–water partition coefficient (Wildman–Crippen LogP) is 0.209. The van der Waals surface area contributed by atoms with Crippen molar-refractivity contribution in [2.45, 2.75) is 31.1 Å². The Morgan fingerprint density at radius 3 is 3.00 bits per heavy atom. The van der Waals surface area contributed by atoms with Crippen molar-refractivity contribution in [3.63, 3.8) is 0 Å². The van der Waals surface area contributed by atoms with Gasteiger partial charge in [-0.25, -0.2) is 13.1 Å². The Hall–Kier alpha value is -1.05. The van der Waals surface area contributed by atoms with Gasteiger partial charge in [0, 0.05) is 31.2 Å². The summed E-state index contributed by atoms with van der Waals surface area (Å²) in [5.74, 6) is 0. The van der Waals surface area contributed by atoms with Gasteiger partial charge in [-0.05, 0) is 26.3 Å². The smallest absolute Gasteiger partial charge is 0.220 e. The molecule has 2 N–H and O–H groups in total. The molecule has 7 heteroatoms. The molecule has 0 aromatic carbocycles. The first kappa shape index (κ1) is 13.4. The second-order valence-electron chi connectivity index (χ2n) is 4.46. The number of rotatable bonds is 5. The van der Waals surface area contributed by atoms with E-state index in [9.17, 15) is 8.42 Å². The molecule has 100 valence electrons. The van der Waals surface area contributed by atoms with E-state index in [2.05, 4.69) is 20.0 Å². The van der Waals surface area contributed by atoms with Crippen molar-refractivity contribution in [2.24, 2.45) is 0 Å². The Bertz CT molecular complexity index is 471. The standard InChI is InChI=1S/C11H18N4O2S/c1-9(11-8-12-5-6-14-11)18(16,17)15-7-10-3-2-4-13-10/h5-6,8-10,13,15H,2-4,7H2,1H3/t9-,10-/m0/s1. The van der Waals surface area contributed by atoms with Crippen molar-refractivity contribution in [2.75, 3.05) is 13.1 Å². The third-order valence-electron chi connectivity index (χ3n) is 3.16. The molecule has 0 amide bonds. The highest BCUT2D eigenvalue weighted by molar-refractivity contribution is 7.89. The van der Waals surface area contributed by atoms with Gasteiger partial charge in [-0.2, -0.15) is 0 Å². The Morgan fingerprint density at radius 1 is 1.56 bits per heavy atom. The summed E-state index contributed by atoms with van der Waals surface area (Å²) in [7, 11) is -3.39. The highest BCUT2D eigenvalue weighted by Gasteiger charge is 2.25. The van der Waals surface area contributed by atoms with Gasteiger partial charge in [0.25, 0.3) is 0 Å². The molecule has 1 aromatic rings. The van der Waals surface area contributed by atoms with E-state index in [4.69, 9.17) is 0 Å². The average molecular weight is 270 g/mol. The third kappa shape index (κ3) is 3.24. The zero-order valence-corrected chi connectivity index (χ0v) is 11.2. The fourth-order valence-electron chi connectivity index (χ4n) is 1.95. The van der Waals surface area contributed by atoms with E-state index < -0.39 is 15.3 Å². The van der Waals surface area contributed by atoms with Crippen molar-refractivity contribution >= 4 is 10.0 Å². The summed E-state index contributed by atoms with van der Waals surface area (Å²) in [6.45, 7) is 3.02. The molecule has 1 fully saturated rings. The summed E-state index contributed by atoms with van der Waals surface area (Å²) < 4.78 is 26.8. The maximum absolute atomic E-state index is 12.1. The lowest BCUT2D eigenvalue weighted by atomic mass is 10.2. The van der Waals surface area contributed by atoms with Crippen LogP contribution in [0.25, 0.3) is 0 Å². The number of nitrogens with one attached hydrogen (secondary N) is 2. The molecule has 0 bridgehead atoms. The molecule has 18 heavy (non-hydrogen) atoms. The number of sulfonamides is 1. The van der Waals surface area contributed by atoms with Gasteiger partial charge in [0.15, 0.2) is 0 Å². The minimum absolute atomic E-state index is 0.244. The van der Waals surface area contributed by atoms with E-state index in [1.807, 2.05) is 0 Å². The molecule has 0 unspecified atom stereocenters. The Labute approximate surface area is 107 Å². The molecule has 2 heterocycles. The molecule has 0 aliphatic carbocycles. The highest BCUT2D eigenvalue weighted by Crippen LogP contribution is 2.17. The van der Waals surface area contributed by atoms with Crippen LogP contribution in [0.4, 0.5) is 0 Å². The lowest BCUT2D eigenvalue weighted by Crippen LogP contribution is -2.38. The number of nitrogens with zero attached hydrogens (tertiary/aromatic N) is 2. The first-order valence-corrected chi connectivity index (χ1v) is 7.62. The summed E-state index contributed by atoms with van der Waals surface area (Å²) in [5.41, 5.74) is 0.462. The lowest BCUT2D eigenvalue weighted by molar-refractivity contribution is 0.543. The van der Waals surface area contributed by atoms with Crippen molar-refractivity contribution in [1.82, 2.24) is 20.0 Å². The highest BCUT2D eigenvalue weighted by atomic mass is 32.2. The zero-order chi connectivity index (χ0) is 13.0. The lowest BCUT2D eigenvalue weighted by Gasteiger charge is -2.16. The van der Waals surface area contributed by atoms with Crippen molar-refractivity contribution in [1.29, 1.82) is 0 Å². The molecule has 1 aliphatic heterocycles. The van der Waals surface area contributed by atoms with Gasteiger partial charge in [-0.3, -0.25) is 9.97 Å². The molecule has 1 aliphatic rings. The monoisotopic (exact) mass is 270 g/mol. The molecule has 6 nitrogen and oxygen atoms in total. The number of hydrogen-bond acceptors (Lipinski definition) is 5. The maximum Gasteiger partial charge on any atom is 0.220 e. The third-order valence-corrected chi connectivity index (χ3v) is 4.90. The van der Waals surface area contributed by atoms with Crippen LogP contribution in [0, 0.1) is 0 Å². The quantitative estimate of drug-likeness (QED) is 0.799. The van der Waals surface area contributed by atoms with E-state index in [0.717, 1.165) is 19.4 Å². The van der Waals surface area contributed by atoms with Crippen LogP contribution in [0.1, 0.15) is 30.7 Å². The summed E-state index contributed by atoms with van der Waals surface area (Å²) in [5, 5.41) is 2.57. The second kappa shape index (κ2) is 5.73. The van der Waals surface area contributed by atoms with Gasteiger partial charge < -0.3 is 5.32 Å². The fourth-order valence-corrected chi connectivity index (χ4v) is 3.08. The fraction of sp³-hybridized carbons (Fsp3) is 0.636. The molecular formula is C11H18N4O2S. The number of aromatic nitrogens is 2. The minimum Gasteiger partial charge on any atom is -0.313 e. The normalized spacial score (nSPS) is 21.9. The van der Waals surface area contributed by atoms with Gasteiger partial charge in [-0.1, -0.05) is 0 Å². The van der Waals surface area contributed by atoms with Crippen molar-refractivity contribution in [3.8, 4) is 0 Å². The van der Waals surface area contributed by atoms with E-state index in [1.54, 1.807) is 6.92 Å². The summed E-state index contributed by atoms with van der Waals surface area (Å²) in [6, 6.07) is 0.244. The minimum atomic E-state index is -3.39. The molecule has 0 spiro atoms. The van der Waals surface area contributed by atoms with Crippen LogP contribution in [-0.2, 0) is 10.0 Å². The first-order valence-electron chi connectivity index (χ1n) is 6.07. The number of hydrogen-bond donors (Lipinski definition) is 2. The van der Waals surface area contributed by atoms with Gasteiger partial charge in [0.05, 0.1) is 5.69 Å². The van der Waals surface area contributed by atoms with Crippen LogP contribution in [-0.4, -0.2) is 37.5 Å². The first-order chi connectivity index (χ1) is 8.59. The molecule has 1 saturated heterocycles. The predicted molar refractivity (Wildman–Crippen MR) is 68.4 cm³/mol. The summed E-state index contributed by atoms with van der Waals surface area (Å²) in [6.07, 6.45) is 6.63. The Kier molecular flexibility index (Phi) is 4.26. The van der Waals surface area contributed by atoms with E-state index in [-0.39, 0.29) is 6.04 Å². The maximum atomic E-state index is 12.1. The van der Waals surface area contributed by atoms with E-state index in [1.165, 1.54) is 18.6 Å². The van der Waals surface area contributed by atoms with E-state index in [0.29, 0.717) is 12.2 Å². The summed E-state index contributed by atoms with van der Waals surface area (Å²) in [4.78, 5) is 7.92. The van der Waals surface area contributed by atoms with Gasteiger partial charge in [-0.15, -0.1) is 0 Å². The topological polar surface area (TPSA) is 84.0 Å². The van der Waals surface area contributed by atoms with Crippen LogP contribution < -0.4 is 10.0 Å². The molecule has 0 saturated carbocycles. The van der Waals surface area contributed by atoms with Crippen LogP contribution in [0.3, 0.4) is 0 Å². The SMILES string of the molecule is C[C@@H](c1cnccn1)S(=O)(=O)NC[C@@H]1CCCN1. The van der Waals surface area contributed by atoms with Crippen LogP contribution >= 0.6 is 0 Å². The van der Waals surface area contributed by atoms with Crippen molar-refractivity contribution in [3.05, 3.63) is 24.3 Å². The largest absolute Gasteiger partial charge is 0.313 e.